The summed E-state index contributed by atoms with van der Waals surface area (Å²) in [6.07, 6.45) is 7.05. The Bertz CT molecular complexity index is 695. The van der Waals surface area contributed by atoms with Gasteiger partial charge < -0.3 is 14.9 Å². The first-order valence-electron chi connectivity index (χ1n) is 9.54. The number of hydrogen-bond acceptors (Lipinski definition) is 4. The molecule has 7 heteroatoms. The molecule has 3 fully saturated rings. The SMILES string of the molecule is O=C1N([C@H]2CC[C@H](O)CC2)CC[C@@]12CCCN(c1ncc(Cl)cc1F)C2. The van der Waals surface area contributed by atoms with Crippen molar-refractivity contribution in [2.24, 2.45) is 5.41 Å². The Morgan fingerprint density at radius 3 is 2.73 bits per heavy atom. The summed E-state index contributed by atoms with van der Waals surface area (Å²) in [7, 11) is 0. The summed E-state index contributed by atoms with van der Waals surface area (Å²) in [6.45, 7) is 1.99. The van der Waals surface area contributed by atoms with Crippen LogP contribution in [0.15, 0.2) is 12.3 Å². The molecular weight excluding hydrogens is 357 g/mol. The summed E-state index contributed by atoms with van der Waals surface area (Å²) in [6, 6.07) is 1.52. The van der Waals surface area contributed by atoms with Crippen molar-refractivity contribution >= 4 is 23.3 Å². The van der Waals surface area contributed by atoms with Gasteiger partial charge in [-0.05, 0) is 51.0 Å². The van der Waals surface area contributed by atoms with Crippen LogP contribution in [-0.2, 0) is 4.79 Å². The molecule has 3 heterocycles. The quantitative estimate of drug-likeness (QED) is 0.855. The lowest BCUT2D eigenvalue weighted by molar-refractivity contribution is -0.139. The number of rotatable bonds is 2. The van der Waals surface area contributed by atoms with Gasteiger partial charge in [0.15, 0.2) is 11.6 Å². The Labute approximate surface area is 158 Å². The van der Waals surface area contributed by atoms with Crippen molar-refractivity contribution in [2.75, 3.05) is 24.5 Å². The number of piperidine rings is 1. The van der Waals surface area contributed by atoms with Crippen LogP contribution in [0.2, 0.25) is 5.02 Å². The highest BCUT2D eigenvalue weighted by molar-refractivity contribution is 6.30. The molecular formula is C19H25ClFN3O2. The smallest absolute Gasteiger partial charge is 0.230 e. The fraction of sp³-hybridized carbons (Fsp3) is 0.684. The van der Waals surface area contributed by atoms with Crippen LogP contribution < -0.4 is 4.90 Å². The molecule has 26 heavy (non-hydrogen) atoms. The molecule has 1 aromatic heterocycles. The zero-order chi connectivity index (χ0) is 18.3. The second-order valence-corrected chi connectivity index (χ2v) is 8.41. The van der Waals surface area contributed by atoms with Crippen LogP contribution in [0.1, 0.15) is 44.9 Å². The lowest BCUT2D eigenvalue weighted by Crippen LogP contribution is -2.50. The molecule has 1 aliphatic carbocycles. The number of pyridine rings is 1. The van der Waals surface area contributed by atoms with Crippen LogP contribution in [-0.4, -0.2) is 52.7 Å². The largest absolute Gasteiger partial charge is 0.393 e. The molecule has 4 rings (SSSR count). The number of amides is 1. The average Bonchev–Trinajstić information content (AvgIpc) is 2.92. The van der Waals surface area contributed by atoms with Crippen molar-refractivity contribution < 1.29 is 14.3 Å². The van der Waals surface area contributed by atoms with Crippen LogP contribution in [0.25, 0.3) is 0 Å². The van der Waals surface area contributed by atoms with Crippen LogP contribution in [0.4, 0.5) is 10.2 Å². The molecule has 1 amide bonds. The maximum absolute atomic E-state index is 14.3. The highest BCUT2D eigenvalue weighted by Crippen LogP contribution is 2.43. The molecule has 1 atom stereocenters. The molecule has 5 nitrogen and oxygen atoms in total. The van der Waals surface area contributed by atoms with Crippen molar-refractivity contribution in [3.05, 3.63) is 23.1 Å². The Balaban J connectivity index is 1.50. The number of carbonyl (C=O) groups excluding carboxylic acids is 1. The lowest BCUT2D eigenvalue weighted by atomic mass is 9.78. The summed E-state index contributed by atoms with van der Waals surface area (Å²) in [5.41, 5.74) is -0.429. The molecule has 1 aromatic rings. The van der Waals surface area contributed by atoms with Crippen LogP contribution in [0.3, 0.4) is 0 Å². The van der Waals surface area contributed by atoms with Gasteiger partial charge in [-0.15, -0.1) is 0 Å². The van der Waals surface area contributed by atoms with Crippen LogP contribution >= 0.6 is 11.6 Å². The molecule has 0 unspecified atom stereocenters. The summed E-state index contributed by atoms with van der Waals surface area (Å²) in [5, 5.41) is 10.0. The van der Waals surface area contributed by atoms with Crippen molar-refractivity contribution in [1.82, 2.24) is 9.88 Å². The number of nitrogens with zero attached hydrogens (tertiary/aromatic N) is 3. The zero-order valence-corrected chi connectivity index (χ0v) is 15.6. The number of aliphatic hydroxyl groups is 1. The fourth-order valence-electron chi connectivity index (χ4n) is 4.90. The van der Waals surface area contributed by atoms with E-state index in [1.807, 2.05) is 9.80 Å². The number of anilines is 1. The van der Waals surface area contributed by atoms with E-state index in [1.165, 1.54) is 12.3 Å². The monoisotopic (exact) mass is 381 g/mol. The first-order chi connectivity index (χ1) is 12.5. The van der Waals surface area contributed by atoms with Crippen molar-refractivity contribution in [3.8, 4) is 0 Å². The van der Waals surface area contributed by atoms with E-state index in [0.29, 0.717) is 18.9 Å². The number of aliphatic hydroxyl groups excluding tert-OH is 1. The summed E-state index contributed by atoms with van der Waals surface area (Å²) in [5.74, 6) is 0.0663. The Hall–Kier alpha value is -1.40. The van der Waals surface area contributed by atoms with Gasteiger partial charge in [-0.25, -0.2) is 9.37 Å². The van der Waals surface area contributed by atoms with E-state index in [4.69, 9.17) is 11.6 Å². The van der Waals surface area contributed by atoms with E-state index in [2.05, 4.69) is 4.98 Å². The molecule has 0 radical (unpaired) electrons. The van der Waals surface area contributed by atoms with E-state index < -0.39 is 11.2 Å². The molecule has 0 aromatic carbocycles. The van der Waals surface area contributed by atoms with E-state index in [-0.39, 0.29) is 23.1 Å². The van der Waals surface area contributed by atoms with Gasteiger partial charge in [-0.2, -0.15) is 0 Å². The summed E-state index contributed by atoms with van der Waals surface area (Å²) >= 11 is 5.82. The highest BCUT2D eigenvalue weighted by atomic mass is 35.5. The van der Waals surface area contributed by atoms with Gasteiger partial charge in [0.1, 0.15) is 0 Å². The third-order valence-corrected chi connectivity index (χ3v) is 6.52. The fourth-order valence-corrected chi connectivity index (χ4v) is 5.04. The number of hydrogen-bond donors (Lipinski definition) is 1. The molecule has 142 valence electrons. The average molecular weight is 382 g/mol. The lowest BCUT2D eigenvalue weighted by Gasteiger charge is -2.41. The predicted octanol–water partition coefficient (Wildman–Crippen LogP) is 3.00. The minimum atomic E-state index is -0.432. The first kappa shape index (κ1) is 18.0. The summed E-state index contributed by atoms with van der Waals surface area (Å²) in [4.78, 5) is 21.4. The van der Waals surface area contributed by atoms with Crippen molar-refractivity contribution in [3.63, 3.8) is 0 Å². The standard InChI is InChI=1S/C19H25ClFN3O2/c20-13-10-16(21)17(22-11-13)23-8-1-6-19(12-23)7-9-24(18(19)26)14-2-4-15(25)5-3-14/h10-11,14-15,25H,1-9,12H2/t14-,15-,19-/m1/s1. The van der Waals surface area contributed by atoms with Gasteiger partial charge in [-0.3, -0.25) is 4.79 Å². The zero-order valence-electron chi connectivity index (χ0n) is 14.8. The molecule has 1 spiro atoms. The maximum Gasteiger partial charge on any atom is 0.230 e. The maximum atomic E-state index is 14.3. The third kappa shape index (κ3) is 3.18. The minimum absolute atomic E-state index is 0.206. The predicted molar refractivity (Wildman–Crippen MR) is 97.7 cm³/mol. The number of likely N-dealkylation sites (tertiary alicyclic amines) is 1. The molecule has 3 aliphatic rings. The van der Waals surface area contributed by atoms with Gasteiger partial charge in [0, 0.05) is 31.9 Å². The van der Waals surface area contributed by atoms with Crippen molar-refractivity contribution in [2.45, 2.75) is 57.1 Å². The van der Waals surface area contributed by atoms with Gasteiger partial charge in [-0.1, -0.05) is 11.6 Å². The summed E-state index contributed by atoms with van der Waals surface area (Å²) < 4.78 is 14.3. The van der Waals surface area contributed by atoms with Gasteiger partial charge in [0.25, 0.3) is 0 Å². The third-order valence-electron chi connectivity index (χ3n) is 6.32. The van der Waals surface area contributed by atoms with E-state index in [1.54, 1.807) is 0 Å². The van der Waals surface area contributed by atoms with E-state index in [0.717, 1.165) is 51.5 Å². The Morgan fingerprint density at radius 1 is 1.23 bits per heavy atom. The number of carbonyl (C=O) groups is 1. The number of halogens is 2. The molecule has 1 saturated carbocycles. The van der Waals surface area contributed by atoms with E-state index >= 15 is 0 Å². The van der Waals surface area contributed by atoms with Gasteiger partial charge in [0.05, 0.1) is 16.5 Å². The van der Waals surface area contributed by atoms with E-state index in [9.17, 15) is 14.3 Å². The Morgan fingerprint density at radius 2 is 2.00 bits per heavy atom. The van der Waals surface area contributed by atoms with Gasteiger partial charge >= 0.3 is 0 Å². The molecule has 2 aliphatic heterocycles. The highest BCUT2D eigenvalue weighted by Gasteiger charge is 2.51. The normalized spacial score (nSPS) is 32.5. The van der Waals surface area contributed by atoms with Crippen LogP contribution in [0, 0.1) is 11.2 Å². The second-order valence-electron chi connectivity index (χ2n) is 7.98. The topological polar surface area (TPSA) is 56.7 Å². The van der Waals surface area contributed by atoms with Crippen LogP contribution in [0.5, 0.6) is 0 Å². The number of aromatic nitrogens is 1. The van der Waals surface area contributed by atoms with Gasteiger partial charge in [0.2, 0.25) is 5.91 Å². The van der Waals surface area contributed by atoms with Crippen molar-refractivity contribution in [1.29, 1.82) is 0 Å². The molecule has 2 saturated heterocycles. The molecule has 1 N–H and O–H groups in total. The molecule has 0 bridgehead atoms. The second kappa shape index (κ2) is 6.97. The Kier molecular flexibility index (Phi) is 4.82. The minimum Gasteiger partial charge on any atom is -0.393 e. The first-order valence-corrected chi connectivity index (χ1v) is 9.91.